The molecule has 4 atom stereocenters. The van der Waals surface area contributed by atoms with E-state index in [9.17, 15) is 9.90 Å². The Balaban J connectivity index is 1.39. The first-order valence-electron chi connectivity index (χ1n) is 12.0. The minimum Gasteiger partial charge on any atom is -0.507 e. The van der Waals surface area contributed by atoms with Crippen LogP contribution in [0.5, 0.6) is 5.75 Å². The number of carbonyl (C=O) groups excluding carboxylic acids is 1. The average molecular weight is 466 g/mol. The summed E-state index contributed by atoms with van der Waals surface area (Å²) in [4.78, 5) is 22.8. The maximum atomic E-state index is 15.8. The lowest BCUT2D eigenvalue weighted by Gasteiger charge is -2.48. The van der Waals surface area contributed by atoms with Crippen molar-refractivity contribution in [3.63, 3.8) is 0 Å². The van der Waals surface area contributed by atoms with Gasteiger partial charge in [-0.1, -0.05) is 6.07 Å². The van der Waals surface area contributed by atoms with Crippen molar-refractivity contribution in [2.45, 2.75) is 75.3 Å². The third-order valence-corrected chi connectivity index (χ3v) is 7.56. The van der Waals surface area contributed by atoms with Gasteiger partial charge in [0.05, 0.1) is 24.1 Å². The number of anilines is 1. The van der Waals surface area contributed by atoms with Gasteiger partial charge in [0, 0.05) is 35.8 Å². The second-order valence-electron chi connectivity index (χ2n) is 10.4. The lowest BCUT2D eigenvalue weighted by atomic mass is 9.82. The number of aromatic hydroxyl groups is 1. The SMILES string of the molecule is CNC(=O)/C=C/c1ccc(-c2cnc(N(C3CC3)[C@@H]3C[C@@]4(C)CC[C@](C)(N4)[C@@H]3F)cn2)c(O)c1. The molecule has 1 aromatic heterocycles. The summed E-state index contributed by atoms with van der Waals surface area (Å²) < 4.78 is 15.8. The van der Waals surface area contributed by atoms with Gasteiger partial charge in [0.2, 0.25) is 5.91 Å². The highest BCUT2D eigenvalue weighted by Gasteiger charge is 2.58. The molecule has 3 heterocycles. The zero-order valence-corrected chi connectivity index (χ0v) is 19.9. The first kappa shape index (κ1) is 22.8. The topological polar surface area (TPSA) is 90.4 Å². The summed E-state index contributed by atoms with van der Waals surface area (Å²) in [5.74, 6) is 0.530. The zero-order valence-electron chi connectivity index (χ0n) is 19.9. The number of piperidine rings is 1. The molecule has 2 bridgehead atoms. The van der Waals surface area contributed by atoms with E-state index in [2.05, 4.69) is 32.4 Å². The van der Waals surface area contributed by atoms with E-state index in [4.69, 9.17) is 0 Å². The number of aromatic nitrogens is 2. The number of benzene rings is 1. The van der Waals surface area contributed by atoms with Crippen LogP contribution in [-0.4, -0.2) is 57.4 Å². The van der Waals surface area contributed by atoms with Crippen molar-refractivity contribution in [2.24, 2.45) is 0 Å². The number of rotatable bonds is 6. The number of phenols is 1. The van der Waals surface area contributed by atoms with Gasteiger partial charge in [0.25, 0.3) is 0 Å². The van der Waals surface area contributed by atoms with Crippen LogP contribution in [0.1, 0.15) is 51.5 Å². The van der Waals surface area contributed by atoms with Gasteiger partial charge < -0.3 is 20.6 Å². The van der Waals surface area contributed by atoms with Crippen LogP contribution < -0.4 is 15.5 Å². The zero-order chi connectivity index (χ0) is 24.1. The molecule has 0 spiro atoms. The number of nitrogens with one attached hydrogen (secondary N) is 2. The minimum absolute atomic E-state index is 0.0533. The summed E-state index contributed by atoms with van der Waals surface area (Å²) in [6, 6.07) is 5.21. The van der Waals surface area contributed by atoms with Crippen LogP contribution in [-0.2, 0) is 4.79 Å². The molecule has 7 nitrogen and oxygen atoms in total. The summed E-state index contributed by atoms with van der Waals surface area (Å²) >= 11 is 0. The Morgan fingerprint density at radius 1 is 1.26 bits per heavy atom. The summed E-state index contributed by atoms with van der Waals surface area (Å²) in [5.41, 5.74) is 1.24. The number of likely N-dealkylation sites (N-methyl/N-ethyl adjacent to an activating group) is 1. The fourth-order valence-corrected chi connectivity index (χ4v) is 5.64. The molecule has 180 valence electrons. The Labute approximate surface area is 199 Å². The van der Waals surface area contributed by atoms with Crippen molar-refractivity contribution in [3.05, 3.63) is 42.2 Å². The number of amides is 1. The molecule has 34 heavy (non-hydrogen) atoms. The lowest BCUT2D eigenvalue weighted by Crippen LogP contribution is -2.66. The van der Waals surface area contributed by atoms with Gasteiger partial charge in [-0.2, -0.15) is 0 Å². The highest BCUT2D eigenvalue weighted by molar-refractivity contribution is 5.91. The Kier molecular flexibility index (Phi) is 5.59. The van der Waals surface area contributed by atoms with Crippen LogP contribution >= 0.6 is 0 Å². The highest BCUT2D eigenvalue weighted by Crippen LogP contribution is 2.47. The molecular weight excluding hydrogens is 433 g/mol. The summed E-state index contributed by atoms with van der Waals surface area (Å²) in [6.45, 7) is 4.21. The molecule has 2 saturated heterocycles. The van der Waals surface area contributed by atoms with E-state index in [0.717, 1.165) is 32.1 Å². The smallest absolute Gasteiger partial charge is 0.243 e. The molecule has 1 amide bonds. The lowest BCUT2D eigenvalue weighted by molar-refractivity contribution is -0.115. The van der Waals surface area contributed by atoms with E-state index in [1.807, 2.05) is 6.92 Å². The normalized spacial score (nSPS) is 30.5. The minimum atomic E-state index is -0.982. The first-order valence-corrected chi connectivity index (χ1v) is 12.0. The number of alkyl halides is 1. The fraction of sp³-hybridized carbons (Fsp3) is 0.500. The van der Waals surface area contributed by atoms with Gasteiger partial charge >= 0.3 is 0 Å². The van der Waals surface area contributed by atoms with Gasteiger partial charge in [0.15, 0.2) is 0 Å². The number of hydrogen-bond acceptors (Lipinski definition) is 6. The number of fused-ring (bicyclic) bond motifs is 2. The van der Waals surface area contributed by atoms with Crippen molar-refractivity contribution < 1.29 is 14.3 Å². The number of halogens is 1. The van der Waals surface area contributed by atoms with E-state index in [1.54, 1.807) is 43.7 Å². The number of phenolic OH excluding ortho intramolecular Hbond substituents is 1. The Morgan fingerprint density at radius 3 is 2.71 bits per heavy atom. The molecule has 3 fully saturated rings. The summed E-state index contributed by atoms with van der Waals surface area (Å²) in [7, 11) is 1.56. The number of hydrogen-bond donors (Lipinski definition) is 3. The molecule has 3 aliphatic rings. The van der Waals surface area contributed by atoms with E-state index in [1.165, 1.54) is 6.08 Å². The van der Waals surface area contributed by atoms with Crippen LogP contribution in [0.3, 0.4) is 0 Å². The molecule has 0 radical (unpaired) electrons. The van der Waals surface area contributed by atoms with Crippen molar-refractivity contribution >= 4 is 17.8 Å². The quantitative estimate of drug-likeness (QED) is 0.565. The third-order valence-electron chi connectivity index (χ3n) is 7.56. The van der Waals surface area contributed by atoms with Crippen molar-refractivity contribution in [1.82, 2.24) is 20.6 Å². The molecule has 8 heteroatoms. The number of carbonyl (C=O) groups is 1. The first-order chi connectivity index (χ1) is 16.2. The standard InChI is InChI=1S/C26H32FN5O2/c1-25-10-11-26(2,31-25)24(27)20(13-25)32(17-6-7-17)22-15-29-19(14-30-22)18-8-4-16(12-21(18)33)5-9-23(34)28-3/h4-5,8-9,12,14-15,17,20,24,31,33H,6-7,10-11,13H2,1-3H3,(H,28,34)/b9-5+/t20-,24-,25-,26+/m1/s1. The van der Waals surface area contributed by atoms with Crippen molar-refractivity contribution in [3.8, 4) is 17.0 Å². The third kappa shape index (κ3) is 4.15. The molecule has 5 rings (SSSR count). The van der Waals surface area contributed by atoms with E-state index in [0.29, 0.717) is 28.7 Å². The summed E-state index contributed by atoms with van der Waals surface area (Å²) in [6.07, 6.45) is 10.1. The average Bonchev–Trinajstić information content (AvgIpc) is 3.61. The monoisotopic (exact) mass is 465 g/mol. The van der Waals surface area contributed by atoms with Crippen LogP contribution in [0.25, 0.3) is 17.3 Å². The van der Waals surface area contributed by atoms with Gasteiger partial charge in [-0.05, 0) is 69.7 Å². The van der Waals surface area contributed by atoms with E-state index < -0.39 is 11.7 Å². The van der Waals surface area contributed by atoms with Gasteiger partial charge in [-0.15, -0.1) is 0 Å². The van der Waals surface area contributed by atoms with Crippen LogP contribution in [0, 0.1) is 0 Å². The molecule has 3 N–H and O–H groups in total. The van der Waals surface area contributed by atoms with E-state index in [-0.39, 0.29) is 23.2 Å². The van der Waals surface area contributed by atoms with Crippen LogP contribution in [0.4, 0.5) is 10.2 Å². The second-order valence-corrected chi connectivity index (χ2v) is 10.4. The molecular formula is C26H32FN5O2. The van der Waals surface area contributed by atoms with Crippen LogP contribution in [0.15, 0.2) is 36.7 Å². The molecule has 1 aliphatic carbocycles. The Morgan fingerprint density at radius 2 is 2.06 bits per heavy atom. The van der Waals surface area contributed by atoms with Crippen molar-refractivity contribution in [2.75, 3.05) is 11.9 Å². The van der Waals surface area contributed by atoms with Crippen LogP contribution in [0.2, 0.25) is 0 Å². The summed E-state index contributed by atoms with van der Waals surface area (Å²) in [5, 5.41) is 16.6. The van der Waals surface area contributed by atoms with E-state index >= 15 is 4.39 Å². The molecule has 2 aliphatic heterocycles. The predicted octanol–water partition coefficient (Wildman–Crippen LogP) is 3.59. The predicted molar refractivity (Wildman–Crippen MR) is 130 cm³/mol. The maximum Gasteiger partial charge on any atom is 0.243 e. The fourth-order valence-electron chi connectivity index (χ4n) is 5.64. The Hall–Kier alpha value is -3.00. The van der Waals surface area contributed by atoms with Crippen molar-refractivity contribution in [1.29, 1.82) is 0 Å². The molecule has 1 aromatic carbocycles. The van der Waals surface area contributed by atoms with Gasteiger partial charge in [-0.3, -0.25) is 9.78 Å². The van der Waals surface area contributed by atoms with Gasteiger partial charge in [0.1, 0.15) is 17.7 Å². The largest absolute Gasteiger partial charge is 0.507 e. The molecule has 2 aromatic rings. The highest BCUT2D eigenvalue weighted by atomic mass is 19.1. The Bertz CT molecular complexity index is 1120. The second kappa shape index (κ2) is 8.34. The number of nitrogens with zero attached hydrogens (tertiary/aromatic N) is 3. The molecule has 0 unspecified atom stereocenters. The maximum absolute atomic E-state index is 15.8. The molecule has 1 saturated carbocycles. The van der Waals surface area contributed by atoms with Gasteiger partial charge in [-0.25, -0.2) is 9.37 Å².